The summed E-state index contributed by atoms with van der Waals surface area (Å²) in [4.78, 5) is 11.9. The molecule has 4 unspecified atom stereocenters. The van der Waals surface area contributed by atoms with Crippen molar-refractivity contribution in [2.75, 3.05) is 11.5 Å². The summed E-state index contributed by atoms with van der Waals surface area (Å²) in [5.74, 6) is -1.03. The zero-order chi connectivity index (χ0) is 32.0. The molecular weight excluding hydrogens is 595 g/mol. The first kappa shape index (κ1) is 35.3. The van der Waals surface area contributed by atoms with Gasteiger partial charge in [-0.05, 0) is 110 Å². The van der Waals surface area contributed by atoms with Gasteiger partial charge in [-0.15, -0.1) is 0 Å². The number of ether oxygens (including phenoxy) is 1. The Bertz CT molecular complexity index is 1080. The minimum atomic E-state index is -5.45. The molecule has 0 saturated heterocycles. The van der Waals surface area contributed by atoms with Crippen LogP contribution in [-0.2, 0) is 16.0 Å². The Balaban J connectivity index is 1.15. The lowest BCUT2D eigenvalue weighted by Gasteiger charge is -2.53. The van der Waals surface area contributed by atoms with E-state index in [0.29, 0.717) is 35.2 Å². The number of hydrogen-bond donors (Lipinski definition) is 1. The number of halogens is 5. The number of phenols is 1. The van der Waals surface area contributed by atoms with E-state index in [0.717, 1.165) is 57.1 Å². The fourth-order valence-corrected chi connectivity index (χ4v) is 9.68. The predicted octanol–water partition coefficient (Wildman–Crippen LogP) is 10.6. The normalized spacial score (nSPS) is 28.3. The first-order valence-corrected chi connectivity index (χ1v) is 18.0. The van der Waals surface area contributed by atoms with Crippen molar-refractivity contribution in [2.24, 2.45) is 23.2 Å². The third-order valence-corrected chi connectivity index (χ3v) is 12.1. The smallest absolute Gasteiger partial charge is 0.453 e. The summed E-state index contributed by atoms with van der Waals surface area (Å²) >= 11 is 1.47. The molecule has 0 radical (unpaired) electrons. The molecule has 0 amide bonds. The molecular formula is C35H51F5O3S. The van der Waals surface area contributed by atoms with Gasteiger partial charge in [0.25, 0.3) is 0 Å². The molecule has 44 heavy (non-hydrogen) atoms. The van der Waals surface area contributed by atoms with Gasteiger partial charge in [-0.25, -0.2) is 0 Å². The van der Waals surface area contributed by atoms with Crippen LogP contribution in [0.4, 0.5) is 22.0 Å². The van der Waals surface area contributed by atoms with E-state index in [1.807, 2.05) is 12.1 Å². The van der Waals surface area contributed by atoms with Crippen molar-refractivity contribution < 1.29 is 36.6 Å². The van der Waals surface area contributed by atoms with Crippen LogP contribution in [0.3, 0.4) is 0 Å². The van der Waals surface area contributed by atoms with Crippen LogP contribution in [0.2, 0.25) is 0 Å². The van der Waals surface area contributed by atoms with E-state index in [2.05, 4.69) is 13.0 Å². The second-order valence-corrected chi connectivity index (χ2v) is 15.1. The lowest BCUT2D eigenvalue weighted by molar-refractivity contribution is -0.284. The summed E-state index contributed by atoms with van der Waals surface area (Å²) in [6.07, 6.45) is 8.91. The zero-order valence-electron chi connectivity index (χ0n) is 26.4. The van der Waals surface area contributed by atoms with Gasteiger partial charge in [0.2, 0.25) is 0 Å². The maximum Gasteiger partial charge on any atom is 0.453 e. The molecule has 0 spiro atoms. The predicted molar refractivity (Wildman–Crippen MR) is 166 cm³/mol. The van der Waals surface area contributed by atoms with E-state index in [1.54, 1.807) is 0 Å². The third kappa shape index (κ3) is 8.64. The van der Waals surface area contributed by atoms with Crippen LogP contribution in [0, 0.1) is 23.2 Å². The average Bonchev–Trinajstić information content (AvgIpc) is 3.27. The topological polar surface area (TPSA) is 46.5 Å². The molecule has 1 aromatic rings. The van der Waals surface area contributed by atoms with E-state index in [-0.39, 0.29) is 23.9 Å². The van der Waals surface area contributed by atoms with E-state index >= 15 is 0 Å². The average molecular weight is 647 g/mol. The van der Waals surface area contributed by atoms with Gasteiger partial charge in [-0.3, -0.25) is 4.79 Å². The summed E-state index contributed by atoms with van der Waals surface area (Å²) in [6.45, 7) is 3.88. The molecule has 3 aliphatic rings. The van der Waals surface area contributed by atoms with Crippen molar-refractivity contribution in [3.05, 3.63) is 29.3 Å². The van der Waals surface area contributed by atoms with Gasteiger partial charge in [0, 0.05) is 18.8 Å². The van der Waals surface area contributed by atoms with Crippen LogP contribution < -0.4 is 0 Å². The molecule has 2 saturated carbocycles. The number of aromatic hydroxyl groups is 1. The molecule has 3 aliphatic carbocycles. The van der Waals surface area contributed by atoms with Crippen LogP contribution >= 0.6 is 11.8 Å². The molecule has 1 aromatic carbocycles. The summed E-state index contributed by atoms with van der Waals surface area (Å²) in [7, 11) is 0. The van der Waals surface area contributed by atoms with Gasteiger partial charge in [0.05, 0.1) is 0 Å². The number of hydrogen-bond acceptors (Lipinski definition) is 4. The van der Waals surface area contributed by atoms with Crippen LogP contribution in [0.15, 0.2) is 18.2 Å². The summed E-state index contributed by atoms with van der Waals surface area (Å²) in [6, 6.07) is 5.97. The zero-order valence-corrected chi connectivity index (χ0v) is 27.2. The SMILES string of the molecule is CC(=O)O[C@H]1CCC2C3C(CCCCCCCCCCSCCCC(F)(F)C(F)(F)F)Cc4cc(O)ccc4C3CC[C@@]21C. The van der Waals surface area contributed by atoms with Crippen molar-refractivity contribution in [3.8, 4) is 5.75 Å². The van der Waals surface area contributed by atoms with E-state index in [9.17, 15) is 31.9 Å². The van der Waals surface area contributed by atoms with Crippen molar-refractivity contribution >= 4 is 17.7 Å². The minimum Gasteiger partial charge on any atom is -0.508 e. The second kappa shape index (κ2) is 15.4. The molecule has 1 N–H and O–H groups in total. The maximum atomic E-state index is 12.9. The van der Waals surface area contributed by atoms with Crippen molar-refractivity contribution in [1.82, 2.24) is 0 Å². The fraction of sp³-hybridized carbons (Fsp3) is 0.800. The van der Waals surface area contributed by atoms with Gasteiger partial charge >= 0.3 is 18.1 Å². The van der Waals surface area contributed by atoms with Gasteiger partial charge in [0.15, 0.2) is 0 Å². The van der Waals surface area contributed by atoms with Crippen LogP contribution in [-0.4, -0.2) is 40.8 Å². The summed E-state index contributed by atoms with van der Waals surface area (Å²) in [5.41, 5.74) is 2.77. The lowest BCUT2D eigenvalue weighted by Crippen LogP contribution is -2.48. The Morgan fingerprint density at radius 2 is 1.61 bits per heavy atom. The Labute approximate surface area is 264 Å². The Hall–Kier alpha value is -1.51. The van der Waals surface area contributed by atoms with Gasteiger partial charge in [0.1, 0.15) is 11.9 Å². The standard InChI is InChI=1S/C35H51F5O3S/c1-24(41)43-31-16-15-30-32-25(22-26-23-27(42)13-14-28(26)29(32)17-19-33(30,31)2)12-9-7-5-3-4-6-8-10-20-44-21-11-18-34(36,37)35(38,39)40/h13-14,23,25,29-32,42H,3-12,15-22H2,1-2H3/t25?,29?,30?,31-,32?,33-/m0/s1. The molecule has 0 aliphatic heterocycles. The van der Waals surface area contributed by atoms with E-state index in [1.165, 1.54) is 68.3 Å². The first-order valence-electron chi connectivity index (χ1n) is 16.8. The lowest BCUT2D eigenvalue weighted by atomic mass is 9.52. The Morgan fingerprint density at radius 1 is 0.955 bits per heavy atom. The Morgan fingerprint density at radius 3 is 2.30 bits per heavy atom. The highest BCUT2D eigenvalue weighted by Gasteiger charge is 2.58. The highest BCUT2D eigenvalue weighted by molar-refractivity contribution is 7.99. The van der Waals surface area contributed by atoms with Crippen molar-refractivity contribution in [3.63, 3.8) is 0 Å². The summed E-state index contributed by atoms with van der Waals surface area (Å²) in [5, 5.41) is 10.2. The number of esters is 1. The molecule has 4 rings (SSSR count). The van der Waals surface area contributed by atoms with E-state index < -0.39 is 18.5 Å². The number of carbonyl (C=O) groups is 1. The number of alkyl halides is 5. The number of phenolic OH excluding ortho intramolecular Hbond substituents is 1. The van der Waals surface area contributed by atoms with Gasteiger partial charge in [-0.2, -0.15) is 33.7 Å². The molecule has 3 nitrogen and oxygen atoms in total. The van der Waals surface area contributed by atoms with E-state index in [4.69, 9.17) is 4.74 Å². The van der Waals surface area contributed by atoms with Gasteiger partial charge in [-0.1, -0.05) is 57.9 Å². The molecule has 2 fully saturated rings. The number of benzene rings is 1. The second-order valence-electron chi connectivity index (χ2n) is 13.9. The Kier molecular flexibility index (Phi) is 12.4. The fourth-order valence-electron chi connectivity index (χ4n) is 8.72. The van der Waals surface area contributed by atoms with Crippen molar-refractivity contribution in [1.29, 1.82) is 0 Å². The number of carbonyl (C=O) groups excluding carboxylic acids is 1. The molecule has 6 atom stereocenters. The van der Waals surface area contributed by atoms with Crippen LogP contribution in [0.1, 0.15) is 127 Å². The minimum absolute atomic E-state index is 0.0164. The summed E-state index contributed by atoms with van der Waals surface area (Å²) < 4.78 is 68.3. The number of fused-ring (bicyclic) bond motifs is 5. The highest BCUT2D eigenvalue weighted by Crippen LogP contribution is 2.63. The van der Waals surface area contributed by atoms with Gasteiger partial charge < -0.3 is 9.84 Å². The molecule has 0 heterocycles. The monoisotopic (exact) mass is 646 g/mol. The molecule has 250 valence electrons. The quantitative estimate of drug-likeness (QED) is 0.110. The highest BCUT2D eigenvalue weighted by atomic mass is 32.2. The van der Waals surface area contributed by atoms with Crippen LogP contribution in [0.25, 0.3) is 0 Å². The molecule has 0 aromatic heterocycles. The molecule has 9 heteroatoms. The number of rotatable bonds is 16. The number of thioether (sulfide) groups is 1. The largest absolute Gasteiger partial charge is 0.508 e. The van der Waals surface area contributed by atoms with Crippen LogP contribution in [0.5, 0.6) is 5.75 Å². The molecule has 0 bridgehead atoms. The number of unbranched alkanes of at least 4 members (excludes halogenated alkanes) is 7. The van der Waals surface area contributed by atoms with Crippen molar-refractivity contribution in [2.45, 2.75) is 141 Å². The third-order valence-electron chi connectivity index (χ3n) is 10.9. The maximum absolute atomic E-state index is 12.9. The first-order chi connectivity index (χ1) is 20.8.